The van der Waals surface area contributed by atoms with Crippen LogP contribution in [0.2, 0.25) is 0 Å². The molecule has 1 heterocycles. The monoisotopic (exact) mass is 355 g/mol. The van der Waals surface area contributed by atoms with E-state index in [2.05, 4.69) is 40.7 Å². The van der Waals surface area contributed by atoms with E-state index in [9.17, 15) is 13.6 Å². The zero-order valence-corrected chi connectivity index (χ0v) is 15.0. The Morgan fingerprint density at radius 2 is 1.92 bits per heavy atom. The molecule has 1 N–H and O–H groups in total. The van der Waals surface area contributed by atoms with E-state index in [0.29, 0.717) is 18.0 Å². The first kappa shape index (κ1) is 19.6. The van der Waals surface area contributed by atoms with Crippen LogP contribution in [0.1, 0.15) is 24.2 Å². The van der Waals surface area contributed by atoms with Gasteiger partial charge in [-0.3, -0.25) is 9.69 Å². The Kier molecular flexibility index (Phi) is 7.13. The number of rotatable bonds is 7. The highest BCUT2D eigenvalue weighted by molar-refractivity contribution is 5.94. The molecule has 0 spiro atoms. The predicted molar refractivity (Wildman–Crippen MR) is 93.1 cm³/mol. The largest absolute Gasteiger partial charge is 0.435 e. The van der Waals surface area contributed by atoms with Crippen LogP contribution in [0.25, 0.3) is 0 Å². The molecule has 0 aliphatic carbocycles. The number of benzene rings is 1. The minimum atomic E-state index is -2.90. The lowest BCUT2D eigenvalue weighted by atomic mass is 10.0. The number of nitrogens with one attached hydrogen (secondary N) is 1. The Bertz CT molecular complexity index is 561. The van der Waals surface area contributed by atoms with Crippen LogP contribution in [0.4, 0.5) is 8.78 Å². The first-order valence-electron chi connectivity index (χ1n) is 8.62. The van der Waals surface area contributed by atoms with E-state index >= 15 is 0 Å². The number of nitrogens with zero attached hydrogens (tertiary/aromatic N) is 2. The van der Waals surface area contributed by atoms with E-state index < -0.39 is 6.61 Å². The van der Waals surface area contributed by atoms with Crippen molar-refractivity contribution in [1.82, 2.24) is 15.1 Å². The van der Waals surface area contributed by atoms with Gasteiger partial charge in [-0.2, -0.15) is 8.78 Å². The molecule has 1 aromatic carbocycles. The summed E-state index contributed by atoms with van der Waals surface area (Å²) in [6.07, 6.45) is 0. The molecule has 1 aliphatic rings. The number of hydrogen-bond donors (Lipinski definition) is 1. The molecular weight excluding hydrogens is 328 g/mol. The van der Waals surface area contributed by atoms with E-state index in [0.717, 1.165) is 26.2 Å². The van der Waals surface area contributed by atoms with Gasteiger partial charge in [-0.1, -0.05) is 19.9 Å². The topological polar surface area (TPSA) is 44.8 Å². The smallest absolute Gasteiger partial charge is 0.387 e. The van der Waals surface area contributed by atoms with Crippen LogP contribution in [0.15, 0.2) is 24.3 Å². The summed E-state index contributed by atoms with van der Waals surface area (Å²) < 4.78 is 28.9. The number of piperazine rings is 1. The van der Waals surface area contributed by atoms with E-state index in [-0.39, 0.29) is 17.7 Å². The lowest BCUT2D eigenvalue weighted by molar-refractivity contribution is -0.0498. The van der Waals surface area contributed by atoms with Crippen LogP contribution >= 0.6 is 0 Å². The fourth-order valence-electron chi connectivity index (χ4n) is 3.05. The van der Waals surface area contributed by atoms with E-state index in [4.69, 9.17) is 0 Å². The maximum atomic E-state index is 12.4. The second kappa shape index (κ2) is 9.10. The Morgan fingerprint density at radius 1 is 1.24 bits per heavy atom. The minimum absolute atomic E-state index is 0.0119. The molecule has 1 aliphatic heterocycles. The van der Waals surface area contributed by atoms with Gasteiger partial charge >= 0.3 is 6.61 Å². The van der Waals surface area contributed by atoms with Gasteiger partial charge in [0.15, 0.2) is 0 Å². The van der Waals surface area contributed by atoms with Crippen molar-refractivity contribution in [2.24, 2.45) is 5.92 Å². The molecule has 0 saturated carbocycles. The van der Waals surface area contributed by atoms with Crippen LogP contribution in [0.5, 0.6) is 5.75 Å². The molecule has 1 aromatic rings. The first-order valence-corrected chi connectivity index (χ1v) is 8.62. The van der Waals surface area contributed by atoms with Crippen molar-refractivity contribution in [3.8, 4) is 5.75 Å². The highest BCUT2D eigenvalue weighted by Gasteiger charge is 2.25. The summed E-state index contributed by atoms with van der Waals surface area (Å²) in [5.74, 6) is 0.110. The molecule has 1 fully saturated rings. The van der Waals surface area contributed by atoms with Crippen LogP contribution in [-0.4, -0.2) is 68.1 Å². The maximum absolute atomic E-state index is 12.4. The number of carbonyl (C=O) groups excluding carboxylic acids is 1. The van der Waals surface area contributed by atoms with Gasteiger partial charge < -0.3 is 15.0 Å². The highest BCUT2D eigenvalue weighted by Crippen LogP contribution is 2.17. The Morgan fingerprint density at radius 3 is 2.52 bits per heavy atom. The number of amides is 1. The van der Waals surface area contributed by atoms with Gasteiger partial charge in [0.1, 0.15) is 5.75 Å². The van der Waals surface area contributed by atoms with Gasteiger partial charge in [-0.05, 0) is 31.2 Å². The molecule has 25 heavy (non-hydrogen) atoms. The van der Waals surface area contributed by atoms with Gasteiger partial charge in [0.2, 0.25) is 0 Å². The Labute approximate surface area is 147 Å². The zero-order valence-electron chi connectivity index (χ0n) is 15.0. The molecular formula is C18H27F2N3O2. The highest BCUT2D eigenvalue weighted by atomic mass is 19.3. The fourth-order valence-corrected chi connectivity index (χ4v) is 3.05. The van der Waals surface area contributed by atoms with Crippen molar-refractivity contribution in [1.29, 1.82) is 0 Å². The molecule has 0 bridgehead atoms. The van der Waals surface area contributed by atoms with Crippen molar-refractivity contribution >= 4 is 5.91 Å². The Balaban J connectivity index is 1.94. The van der Waals surface area contributed by atoms with Crippen molar-refractivity contribution in [3.63, 3.8) is 0 Å². The van der Waals surface area contributed by atoms with Gasteiger partial charge in [-0.15, -0.1) is 0 Å². The average Bonchev–Trinajstić information content (AvgIpc) is 2.56. The molecule has 140 valence electrons. The minimum Gasteiger partial charge on any atom is -0.435 e. The molecule has 1 unspecified atom stereocenters. The summed E-state index contributed by atoms with van der Waals surface area (Å²) in [6.45, 7) is 5.91. The summed E-state index contributed by atoms with van der Waals surface area (Å²) in [5, 5.41) is 2.93. The number of ether oxygens (including phenoxy) is 1. The van der Waals surface area contributed by atoms with Gasteiger partial charge in [0.05, 0.1) is 0 Å². The number of halogens is 2. The summed E-state index contributed by atoms with van der Waals surface area (Å²) in [7, 11) is 2.11. The fraction of sp³-hybridized carbons (Fsp3) is 0.611. The van der Waals surface area contributed by atoms with Crippen LogP contribution in [-0.2, 0) is 0 Å². The average molecular weight is 355 g/mol. The molecule has 1 saturated heterocycles. The Hall–Kier alpha value is -1.73. The third-order valence-electron chi connectivity index (χ3n) is 4.57. The molecule has 1 atom stereocenters. The molecule has 7 heteroatoms. The molecule has 0 radical (unpaired) electrons. The van der Waals surface area contributed by atoms with E-state index in [1.807, 2.05) is 0 Å². The van der Waals surface area contributed by atoms with Crippen LogP contribution in [0, 0.1) is 5.92 Å². The van der Waals surface area contributed by atoms with Crippen LogP contribution < -0.4 is 10.1 Å². The summed E-state index contributed by atoms with van der Waals surface area (Å²) in [6, 6.07) is 6.12. The quantitative estimate of drug-likeness (QED) is 0.815. The third-order valence-corrected chi connectivity index (χ3v) is 4.57. The van der Waals surface area contributed by atoms with E-state index in [1.54, 1.807) is 6.07 Å². The van der Waals surface area contributed by atoms with Crippen molar-refractivity contribution in [2.75, 3.05) is 39.8 Å². The van der Waals surface area contributed by atoms with Crippen molar-refractivity contribution in [2.45, 2.75) is 26.5 Å². The van der Waals surface area contributed by atoms with Crippen LogP contribution in [0.3, 0.4) is 0 Å². The van der Waals surface area contributed by atoms with Gasteiger partial charge in [-0.25, -0.2) is 0 Å². The third kappa shape index (κ3) is 5.93. The number of alkyl halides is 2. The summed E-state index contributed by atoms with van der Waals surface area (Å²) in [4.78, 5) is 17.1. The lowest BCUT2D eigenvalue weighted by Gasteiger charge is -2.39. The number of likely N-dealkylation sites (N-methyl/N-ethyl adjacent to an activating group) is 1. The zero-order chi connectivity index (χ0) is 18.4. The second-order valence-electron chi connectivity index (χ2n) is 6.77. The van der Waals surface area contributed by atoms with E-state index in [1.165, 1.54) is 18.2 Å². The van der Waals surface area contributed by atoms with Gasteiger partial charge in [0, 0.05) is 44.3 Å². The molecule has 5 nitrogen and oxygen atoms in total. The molecule has 0 aromatic heterocycles. The molecule has 1 amide bonds. The summed E-state index contributed by atoms with van der Waals surface area (Å²) in [5.41, 5.74) is 0.319. The van der Waals surface area contributed by atoms with Crippen molar-refractivity contribution < 1.29 is 18.3 Å². The lowest BCUT2D eigenvalue weighted by Crippen LogP contribution is -2.54. The first-order chi connectivity index (χ1) is 11.9. The second-order valence-corrected chi connectivity index (χ2v) is 6.77. The number of hydrogen-bond acceptors (Lipinski definition) is 4. The maximum Gasteiger partial charge on any atom is 0.387 e. The normalized spacial score (nSPS) is 17.7. The van der Waals surface area contributed by atoms with Crippen molar-refractivity contribution in [3.05, 3.63) is 29.8 Å². The number of carbonyl (C=O) groups is 1. The summed E-state index contributed by atoms with van der Waals surface area (Å²) >= 11 is 0. The predicted octanol–water partition coefficient (Wildman–Crippen LogP) is 2.29. The van der Waals surface area contributed by atoms with Gasteiger partial charge in [0.25, 0.3) is 5.91 Å². The standard InChI is InChI=1S/C18H27F2N3O2/c1-13(2)16(23-9-7-22(3)8-10-23)12-21-17(24)14-5-4-6-15(11-14)25-18(19)20/h4-6,11,13,16,18H,7-10,12H2,1-3H3,(H,21,24). The SMILES string of the molecule is CC(C)C(CNC(=O)c1cccc(OC(F)F)c1)N1CCN(C)CC1. The molecule has 2 rings (SSSR count).